The van der Waals surface area contributed by atoms with Gasteiger partial charge in [-0.05, 0) is 30.3 Å². The number of nitrogens with zero attached hydrogens (tertiary/aromatic N) is 3. The number of carbonyl (C=O) groups excluding carboxylic acids is 1. The Bertz CT molecular complexity index is 1150. The Labute approximate surface area is 185 Å². The van der Waals surface area contributed by atoms with E-state index >= 15 is 0 Å². The van der Waals surface area contributed by atoms with Crippen LogP contribution >= 0.6 is 11.3 Å². The van der Waals surface area contributed by atoms with Crippen molar-refractivity contribution < 1.29 is 22.7 Å². The molecule has 0 fully saturated rings. The molecule has 0 atom stereocenters. The molecule has 1 heterocycles. The average molecular weight is 459 g/mol. The van der Waals surface area contributed by atoms with Gasteiger partial charge in [-0.2, -0.15) is 23.5 Å². The molecule has 1 amide bonds. The number of ether oxygens (including phenoxy) is 1. The lowest BCUT2D eigenvalue weighted by atomic mass is 10.2. The zero-order chi connectivity index (χ0) is 23.0. The molecule has 164 valence electrons. The summed E-state index contributed by atoms with van der Waals surface area (Å²) < 4.78 is 43.7. The van der Waals surface area contributed by atoms with Gasteiger partial charge in [0.15, 0.2) is 11.7 Å². The summed E-state index contributed by atoms with van der Waals surface area (Å²) in [5, 5.41) is 17.3. The van der Waals surface area contributed by atoms with Crippen molar-refractivity contribution in [1.29, 1.82) is 5.26 Å². The van der Waals surface area contributed by atoms with Crippen LogP contribution in [0.25, 0.3) is 0 Å². The summed E-state index contributed by atoms with van der Waals surface area (Å²) in [5.41, 5.74) is 2.88. The fourth-order valence-electron chi connectivity index (χ4n) is 2.55. The summed E-state index contributed by atoms with van der Waals surface area (Å²) in [4.78, 5) is 16.3. The topological polar surface area (TPSA) is 99.4 Å². The monoisotopic (exact) mass is 459 g/mol. The zero-order valence-electron chi connectivity index (χ0n) is 16.4. The molecule has 1 aromatic heterocycles. The first kappa shape index (κ1) is 22.8. The van der Waals surface area contributed by atoms with Gasteiger partial charge in [-0.3, -0.25) is 4.79 Å². The van der Waals surface area contributed by atoms with E-state index in [4.69, 9.17) is 10.00 Å². The highest BCUT2D eigenvalue weighted by atomic mass is 32.1. The van der Waals surface area contributed by atoms with Gasteiger partial charge in [-0.15, -0.1) is 11.3 Å². The fraction of sp³-hybridized carbons (Fsp3) is 0.143. The van der Waals surface area contributed by atoms with Gasteiger partial charge < -0.3 is 10.1 Å². The van der Waals surface area contributed by atoms with Crippen LogP contribution in [0.3, 0.4) is 0 Å². The predicted molar refractivity (Wildman–Crippen MR) is 114 cm³/mol. The van der Waals surface area contributed by atoms with E-state index in [1.165, 1.54) is 29.7 Å². The summed E-state index contributed by atoms with van der Waals surface area (Å²) >= 11 is 1.17. The van der Waals surface area contributed by atoms with Crippen LogP contribution < -0.4 is 15.5 Å². The minimum absolute atomic E-state index is 0.0648. The van der Waals surface area contributed by atoms with Crippen molar-refractivity contribution in [2.75, 3.05) is 11.9 Å². The second-order valence-electron chi connectivity index (χ2n) is 6.30. The minimum atomic E-state index is -4.44. The van der Waals surface area contributed by atoms with Crippen molar-refractivity contribution in [3.8, 4) is 11.8 Å². The molecule has 2 N–H and O–H groups in total. The normalized spacial score (nSPS) is 11.2. The molecule has 0 bridgehead atoms. The number of anilines is 2. The molecule has 2 aromatic carbocycles. The Balaban J connectivity index is 1.55. The summed E-state index contributed by atoms with van der Waals surface area (Å²) in [6, 6.07) is 13.5. The number of aromatic nitrogens is 1. The van der Waals surface area contributed by atoms with Gasteiger partial charge in [0.2, 0.25) is 5.91 Å². The number of nitrogens with one attached hydrogen (secondary N) is 2. The summed E-state index contributed by atoms with van der Waals surface area (Å²) in [6.45, 7) is -0.113. The Morgan fingerprint density at radius 1 is 1.25 bits per heavy atom. The highest BCUT2D eigenvalue weighted by Crippen LogP contribution is 2.31. The fourth-order valence-corrected chi connectivity index (χ4v) is 3.28. The summed E-state index contributed by atoms with van der Waals surface area (Å²) in [6.07, 6.45) is -3.11. The van der Waals surface area contributed by atoms with Crippen LogP contribution in [0.15, 0.2) is 59.0 Å². The zero-order valence-corrected chi connectivity index (χ0v) is 17.2. The first-order valence-electron chi connectivity index (χ1n) is 9.14. The number of nitriles is 1. The van der Waals surface area contributed by atoms with Crippen LogP contribution in [-0.4, -0.2) is 23.7 Å². The smallest absolute Gasteiger partial charge is 0.416 e. The molecule has 0 spiro atoms. The molecular weight excluding hydrogens is 443 g/mol. The molecule has 7 nitrogen and oxygen atoms in total. The van der Waals surface area contributed by atoms with Crippen LogP contribution in [0.2, 0.25) is 0 Å². The van der Waals surface area contributed by atoms with Crippen molar-refractivity contribution in [2.45, 2.75) is 12.6 Å². The van der Waals surface area contributed by atoms with Crippen molar-refractivity contribution in [3.63, 3.8) is 0 Å². The van der Waals surface area contributed by atoms with Gasteiger partial charge in [0, 0.05) is 16.6 Å². The molecule has 32 heavy (non-hydrogen) atoms. The number of rotatable bonds is 8. The van der Waals surface area contributed by atoms with Crippen LogP contribution in [0, 0.1) is 11.3 Å². The van der Waals surface area contributed by atoms with Crippen LogP contribution in [0.5, 0.6) is 5.75 Å². The van der Waals surface area contributed by atoms with Crippen molar-refractivity contribution in [1.82, 2.24) is 10.4 Å². The van der Waals surface area contributed by atoms with Gasteiger partial charge in [-0.25, -0.2) is 10.4 Å². The van der Waals surface area contributed by atoms with E-state index in [1.807, 2.05) is 6.07 Å². The molecule has 3 rings (SSSR count). The lowest BCUT2D eigenvalue weighted by molar-refractivity contribution is -0.137. The van der Waals surface area contributed by atoms with Crippen LogP contribution in [0.4, 0.5) is 24.0 Å². The van der Waals surface area contributed by atoms with Crippen LogP contribution in [0.1, 0.15) is 16.8 Å². The van der Waals surface area contributed by atoms with Gasteiger partial charge >= 0.3 is 6.18 Å². The Kier molecular flexibility index (Phi) is 7.41. The van der Waals surface area contributed by atoms with E-state index in [0.717, 1.165) is 12.1 Å². The van der Waals surface area contributed by atoms with Gasteiger partial charge in [0.1, 0.15) is 11.8 Å². The molecule has 3 aromatic rings. The van der Waals surface area contributed by atoms with Gasteiger partial charge in [0.05, 0.1) is 23.9 Å². The lowest BCUT2D eigenvalue weighted by Crippen LogP contribution is -2.20. The largest absolute Gasteiger partial charge is 0.478 e. The van der Waals surface area contributed by atoms with E-state index in [9.17, 15) is 18.0 Å². The number of hydrogen-bond donors (Lipinski definition) is 2. The Morgan fingerprint density at radius 2 is 2.06 bits per heavy atom. The third kappa shape index (κ3) is 6.55. The lowest BCUT2D eigenvalue weighted by Gasteiger charge is -2.08. The molecule has 0 unspecified atom stereocenters. The highest BCUT2D eigenvalue weighted by Gasteiger charge is 2.30. The number of carbonyl (C=O) groups is 1. The van der Waals surface area contributed by atoms with Crippen molar-refractivity contribution >= 4 is 34.3 Å². The van der Waals surface area contributed by atoms with E-state index in [2.05, 4.69) is 20.8 Å². The number of thiazole rings is 1. The number of amides is 1. The summed E-state index contributed by atoms with van der Waals surface area (Å²) in [5.74, 6) is 0.0319. The second kappa shape index (κ2) is 10.4. The van der Waals surface area contributed by atoms with E-state index in [1.54, 1.807) is 29.6 Å². The summed E-state index contributed by atoms with van der Waals surface area (Å²) in [7, 11) is 0. The third-order valence-electron chi connectivity index (χ3n) is 3.94. The SMILES string of the molecule is N#CCOc1ccccc1/C=N\NC(=O)Cc1csc(Nc2cccc(C(F)(F)F)c2)n1. The Hall–Kier alpha value is -3.91. The number of para-hydroxylation sites is 1. The molecule has 11 heteroatoms. The van der Waals surface area contributed by atoms with Crippen molar-refractivity contribution in [3.05, 3.63) is 70.7 Å². The molecule has 0 aliphatic rings. The maximum absolute atomic E-state index is 12.8. The molecule has 0 aliphatic carbocycles. The molecular formula is C21H16F3N5O2S. The number of halogens is 3. The first-order valence-corrected chi connectivity index (χ1v) is 10.0. The second-order valence-corrected chi connectivity index (χ2v) is 7.16. The standard InChI is InChI=1S/C21H16F3N5O2S/c22-21(23,24)15-5-3-6-16(10-15)27-20-28-17(13-32-20)11-19(30)29-26-12-14-4-1-2-7-18(14)31-9-8-25/h1-7,10,12-13H,9,11H2,(H,27,28)(H,29,30)/b26-12-. The van der Waals surface area contributed by atoms with Gasteiger partial charge in [-0.1, -0.05) is 18.2 Å². The Morgan fingerprint density at radius 3 is 2.84 bits per heavy atom. The molecule has 0 saturated heterocycles. The third-order valence-corrected chi connectivity index (χ3v) is 4.75. The number of benzene rings is 2. The number of alkyl halides is 3. The quantitative estimate of drug-likeness (QED) is 0.382. The number of hydrazone groups is 1. The first-order chi connectivity index (χ1) is 15.3. The maximum Gasteiger partial charge on any atom is 0.416 e. The van der Waals surface area contributed by atoms with Crippen LogP contribution in [-0.2, 0) is 17.4 Å². The highest BCUT2D eigenvalue weighted by molar-refractivity contribution is 7.13. The van der Waals surface area contributed by atoms with Crippen molar-refractivity contribution in [2.24, 2.45) is 5.10 Å². The molecule has 0 radical (unpaired) electrons. The van der Waals surface area contributed by atoms with E-state index in [-0.39, 0.29) is 18.7 Å². The van der Waals surface area contributed by atoms with E-state index in [0.29, 0.717) is 22.1 Å². The maximum atomic E-state index is 12.8. The molecule has 0 saturated carbocycles. The predicted octanol–water partition coefficient (Wildman–Crippen LogP) is 4.50. The van der Waals surface area contributed by atoms with Gasteiger partial charge in [0.25, 0.3) is 0 Å². The number of hydrogen-bond acceptors (Lipinski definition) is 7. The molecule has 0 aliphatic heterocycles. The minimum Gasteiger partial charge on any atom is -0.478 e. The van der Waals surface area contributed by atoms with E-state index < -0.39 is 17.6 Å². The average Bonchev–Trinajstić information content (AvgIpc) is 3.19.